The largest absolute Gasteiger partial charge is 0.435 e. The zero-order chi connectivity index (χ0) is 15.4. The molecule has 0 aliphatic rings. The van der Waals surface area contributed by atoms with Gasteiger partial charge in [-0.1, -0.05) is 27.5 Å². The minimum absolute atomic E-state index is 0.123. The fourth-order valence-electron chi connectivity index (χ4n) is 1.68. The minimum Gasteiger partial charge on any atom is -0.435 e. The minimum atomic E-state index is -2.87. The smallest absolute Gasteiger partial charge is 0.387 e. The van der Waals surface area contributed by atoms with E-state index in [0.29, 0.717) is 22.0 Å². The van der Waals surface area contributed by atoms with Gasteiger partial charge in [0.25, 0.3) is 0 Å². The highest BCUT2D eigenvalue weighted by atomic mass is 79.9. The highest BCUT2D eigenvalue weighted by molar-refractivity contribution is 9.10. The lowest BCUT2D eigenvalue weighted by atomic mass is 10.2. The molecule has 0 bridgehead atoms. The molecule has 2 nitrogen and oxygen atoms in total. The summed E-state index contributed by atoms with van der Waals surface area (Å²) in [4.78, 5) is 0.862. The number of alkyl halides is 2. The van der Waals surface area contributed by atoms with Crippen molar-refractivity contribution in [2.45, 2.75) is 17.3 Å². The van der Waals surface area contributed by atoms with Crippen molar-refractivity contribution in [2.24, 2.45) is 0 Å². The lowest BCUT2D eigenvalue weighted by molar-refractivity contribution is -0.0503. The molecule has 21 heavy (non-hydrogen) atoms. The molecule has 0 aromatic heterocycles. The molecule has 0 aliphatic carbocycles. The van der Waals surface area contributed by atoms with Gasteiger partial charge in [0.1, 0.15) is 5.75 Å². The molecule has 0 fully saturated rings. The van der Waals surface area contributed by atoms with E-state index in [0.717, 1.165) is 9.37 Å². The number of rotatable bonds is 5. The number of hydrogen-bond donors (Lipinski definition) is 1. The average Bonchev–Trinajstić information content (AvgIpc) is 2.40. The Bertz CT molecular complexity index is 642. The average molecular weight is 395 g/mol. The molecule has 2 N–H and O–H groups in total. The summed E-state index contributed by atoms with van der Waals surface area (Å²) < 4.78 is 30.1. The van der Waals surface area contributed by atoms with Gasteiger partial charge in [0.2, 0.25) is 0 Å². The maximum Gasteiger partial charge on any atom is 0.387 e. The molecule has 0 atom stereocenters. The van der Waals surface area contributed by atoms with E-state index < -0.39 is 6.61 Å². The van der Waals surface area contributed by atoms with Crippen molar-refractivity contribution in [3.05, 3.63) is 51.5 Å². The van der Waals surface area contributed by atoms with E-state index in [2.05, 4.69) is 20.7 Å². The van der Waals surface area contributed by atoms with E-state index in [1.807, 2.05) is 12.1 Å². The fourth-order valence-corrected chi connectivity index (χ4v) is 3.18. The summed E-state index contributed by atoms with van der Waals surface area (Å²) in [6, 6.07) is 10.1. The van der Waals surface area contributed by atoms with E-state index in [1.54, 1.807) is 12.1 Å². The van der Waals surface area contributed by atoms with Crippen molar-refractivity contribution < 1.29 is 13.5 Å². The predicted molar refractivity (Wildman–Crippen MR) is 86.2 cm³/mol. The van der Waals surface area contributed by atoms with E-state index in [1.165, 1.54) is 23.9 Å². The number of anilines is 1. The lowest BCUT2D eigenvalue weighted by Gasteiger charge is -2.12. The van der Waals surface area contributed by atoms with Gasteiger partial charge >= 0.3 is 6.61 Å². The molecule has 0 saturated carbocycles. The number of benzene rings is 2. The Balaban J connectivity index is 2.16. The van der Waals surface area contributed by atoms with Crippen LogP contribution in [0.15, 0.2) is 45.8 Å². The first-order valence-electron chi connectivity index (χ1n) is 5.87. The number of thioether (sulfide) groups is 1. The Kier molecular flexibility index (Phi) is 5.72. The number of halogens is 4. The van der Waals surface area contributed by atoms with Gasteiger partial charge in [-0.3, -0.25) is 0 Å². The van der Waals surface area contributed by atoms with Crippen molar-refractivity contribution in [2.75, 3.05) is 5.73 Å². The summed E-state index contributed by atoms with van der Waals surface area (Å²) in [6.45, 7) is -2.87. The highest BCUT2D eigenvalue weighted by Crippen LogP contribution is 2.34. The molecular formula is C14H11BrClF2NOS. The predicted octanol–water partition coefficient (Wildman–Crippen LogP) is 5.58. The standard InChI is InChI=1S/C14H11BrClF2NOS/c15-9-1-4-13(11(19)6-9)21-7-8-5-10(16)2-3-12(8)20-14(17)18/h1-6,14H,7,19H2. The van der Waals surface area contributed by atoms with Crippen LogP contribution in [0.25, 0.3) is 0 Å². The van der Waals surface area contributed by atoms with Crippen LogP contribution in [0.1, 0.15) is 5.56 Å². The molecule has 0 saturated heterocycles. The molecule has 0 spiro atoms. The van der Waals surface area contributed by atoms with Crippen molar-refractivity contribution in [1.29, 1.82) is 0 Å². The second-order valence-electron chi connectivity index (χ2n) is 4.10. The SMILES string of the molecule is Nc1cc(Br)ccc1SCc1cc(Cl)ccc1OC(F)F. The number of nitrogen functional groups attached to an aromatic ring is 1. The lowest BCUT2D eigenvalue weighted by Crippen LogP contribution is -2.04. The molecule has 0 heterocycles. The van der Waals surface area contributed by atoms with Crippen LogP contribution in [0.5, 0.6) is 5.75 Å². The zero-order valence-electron chi connectivity index (χ0n) is 10.7. The van der Waals surface area contributed by atoms with Crippen LogP contribution in [0.2, 0.25) is 5.02 Å². The van der Waals surface area contributed by atoms with Crippen molar-refractivity contribution in [1.82, 2.24) is 0 Å². The molecule has 2 rings (SSSR count). The van der Waals surface area contributed by atoms with Crippen LogP contribution in [0.4, 0.5) is 14.5 Å². The highest BCUT2D eigenvalue weighted by Gasteiger charge is 2.11. The Hall–Kier alpha value is -0.980. The number of ether oxygens (including phenoxy) is 1. The summed E-state index contributed by atoms with van der Waals surface area (Å²) in [5.74, 6) is 0.548. The van der Waals surface area contributed by atoms with E-state index in [-0.39, 0.29) is 5.75 Å². The zero-order valence-corrected chi connectivity index (χ0v) is 13.8. The summed E-state index contributed by atoms with van der Waals surface area (Å²) in [5, 5.41) is 0.469. The van der Waals surface area contributed by atoms with Gasteiger partial charge < -0.3 is 10.5 Å². The van der Waals surface area contributed by atoms with Crippen LogP contribution in [-0.4, -0.2) is 6.61 Å². The van der Waals surface area contributed by atoms with Crippen LogP contribution in [0, 0.1) is 0 Å². The Labute approximate surface area is 138 Å². The van der Waals surface area contributed by atoms with Crippen molar-refractivity contribution in [3.63, 3.8) is 0 Å². The van der Waals surface area contributed by atoms with Gasteiger partial charge in [0.15, 0.2) is 0 Å². The van der Waals surface area contributed by atoms with Gasteiger partial charge in [0.05, 0.1) is 0 Å². The van der Waals surface area contributed by atoms with Crippen molar-refractivity contribution >= 4 is 45.0 Å². The number of nitrogens with two attached hydrogens (primary N) is 1. The van der Waals surface area contributed by atoms with E-state index in [4.69, 9.17) is 17.3 Å². The van der Waals surface area contributed by atoms with Gasteiger partial charge in [0, 0.05) is 31.4 Å². The molecule has 0 aliphatic heterocycles. The van der Waals surface area contributed by atoms with Crippen molar-refractivity contribution in [3.8, 4) is 5.75 Å². The van der Waals surface area contributed by atoms with Crippen LogP contribution < -0.4 is 10.5 Å². The van der Waals surface area contributed by atoms with Gasteiger partial charge in [-0.2, -0.15) is 8.78 Å². The third kappa shape index (κ3) is 4.76. The summed E-state index contributed by atoms with van der Waals surface area (Å²) in [6.07, 6.45) is 0. The molecule has 7 heteroatoms. The van der Waals surface area contributed by atoms with Crippen LogP contribution in [0.3, 0.4) is 0 Å². The third-order valence-corrected chi connectivity index (χ3v) is 4.46. The quantitative estimate of drug-likeness (QED) is 0.531. The first-order chi connectivity index (χ1) is 9.95. The maximum atomic E-state index is 12.4. The second kappa shape index (κ2) is 7.33. The monoisotopic (exact) mass is 393 g/mol. The molecular weight excluding hydrogens is 384 g/mol. The summed E-state index contributed by atoms with van der Waals surface area (Å²) in [7, 11) is 0. The molecule has 0 unspecified atom stereocenters. The number of hydrogen-bond acceptors (Lipinski definition) is 3. The second-order valence-corrected chi connectivity index (χ2v) is 6.47. The maximum absolute atomic E-state index is 12.4. The third-order valence-electron chi connectivity index (χ3n) is 2.59. The Morgan fingerprint density at radius 3 is 2.67 bits per heavy atom. The normalized spacial score (nSPS) is 10.9. The van der Waals surface area contributed by atoms with Crippen LogP contribution >= 0.6 is 39.3 Å². The first kappa shape index (κ1) is 16.4. The Morgan fingerprint density at radius 1 is 1.24 bits per heavy atom. The topological polar surface area (TPSA) is 35.2 Å². The molecule has 0 radical (unpaired) electrons. The Morgan fingerprint density at radius 2 is 2.00 bits per heavy atom. The fraction of sp³-hybridized carbons (Fsp3) is 0.143. The molecule has 2 aromatic carbocycles. The summed E-state index contributed by atoms with van der Waals surface area (Å²) in [5.41, 5.74) is 7.12. The van der Waals surface area contributed by atoms with E-state index >= 15 is 0 Å². The molecule has 0 amide bonds. The van der Waals surface area contributed by atoms with Gasteiger partial charge in [-0.25, -0.2) is 0 Å². The molecule has 2 aromatic rings. The first-order valence-corrected chi connectivity index (χ1v) is 8.02. The van der Waals surface area contributed by atoms with Crippen LogP contribution in [-0.2, 0) is 5.75 Å². The van der Waals surface area contributed by atoms with Gasteiger partial charge in [-0.15, -0.1) is 11.8 Å². The van der Waals surface area contributed by atoms with Gasteiger partial charge in [-0.05, 0) is 36.4 Å². The molecule has 112 valence electrons. The summed E-state index contributed by atoms with van der Waals surface area (Å²) >= 11 is 10.7. The van der Waals surface area contributed by atoms with E-state index in [9.17, 15) is 8.78 Å².